The van der Waals surface area contributed by atoms with Crippen molar-refractivity contribution in [3.05, 3.63) is 169 Å². The zero-order valence-corrected chi connectivity index (χ0v) is 29.9. The topological polar surface area (TPSA) is 76.5 Å². The smallest absolute Gasteiger partial charge is 0.0806 e. The van der Waals surface area contributed by atoms with Crippen molar-refractivity contribution in [1.82, 2.24) is 30.2 Å². The number of dihydropyridines is 1. The summed E-state index contributed by atoms with van der Waals surface area (Å²) in [5, 5.41) is 10.1. The van der Waals surface area contributed by atoms with E-state index < -0.39 is 0 Å². The van der Waals surface area contributed by atoms with E-state index in [0.717, 1.165) is 83.9 Å². The van der Waals surface area contributed by atoms with E-state index in [2.05, 4.69) is 131 Å². The van der Waals surface area contributed by atoms with Crippen molar-refractivity contribution in [2.45, 2.75) is 13.8 Å². The van der Waals surface area contributed by atoms with Crippen LogP contribution in [-0.2, 0) is 0 Å². The summed E-state index contributed by atoms with van der Waals surface area (Å²) in [6.07, 6.45) is 17.6. The van der Waals surface area contributed by atoms with Gasteiger partial charge < -0.3 is 5.32 Å². The number of fused-ring (bicyclic) bond motifs is 6. The molecule has 0 fully saturated rings. The highest BCUT2D eigenvalue weighted by Gasteiger charge is 2.23. The molecule has 0 unspecified atom stereocenters. The van der Waals surface area contributed by atoms with Crippen molar-refractivity contribution in [2.24, 2.45) is 0 Å². The van der Waals surface area contributed by atoms with E-state index in [4.69, 9.17) is 9.97 Å². The molecule has 1 N–H and O–H groups in total. The summed E-state index contributed by atoms with van der Waals surface area (Å²) < 4.78 is 0. The molecule has 10 rings (SSSR count). The van der Waals surface area contributed by atoms with Gasteiger partial charge in [-0.15, -0.1) is 0 Å². The molecule has 6 heterocycles. The van der Waals surface area contributed by atoms with Gasteiger partial charge in [0.15, 0.2) is 0 Å². The highest BCUT2D eigenvalue weighted by molar-refractivity contribution is 6.25. The number of nitrogens with one attached hydrogen (secondary N) is 1. The summed E-state index contributed by atoms with van der Waals surface area (Å²) in [5.74, 6) is 0. The van der Waals surface area contributed by atoms with Crippen LogP contribution in [0.2, 0.25) is 0 Å². The lowest BCUT2D eigenvalue weighted by Crippen LogP contribution is -2.08. The summed E-state index contributed by atoms with van der Waals surface area (Å²) in [6, 6.07) is 34.3. The van der Waals surface area contributed by atoms with E-state index in [1.165, 1.54) is 33.0 Å². The molecular weight excluding hydrogens is 661 g/mol. The lowest BCUT2D eigenvalue weighted by molar-refractivity contribution is 0.976. The van der Waals surface area contributed by atoms with Crippen LogP contribution in [0.15, 0.2) is 153 Å². The van der Waals surface area contributed by atoms with Crippen LogP contribution in [-0.4, -0.2) is 31.5 Å². The minimum absolute atomic E-state index is 0.798. The minimum atomic E-state index is 0.798. The molecule has 4 aromatic carbocycles. The van der Waals surface area contributed by atoms with Crippen molar-refractivity contribution in [1.29, 1.82) is 0 Å². The van der Waals surface area contributed by atoms with Crippen molar-refractivity contribution in [3.63, 3.8) is 0 Å². The van der Waals surface area contributed by atoms with Gasteiger partial charge in [0.05, 0.1) is 22.4 Å². The highest BCUT2D eigenvalue weighted by Crippen LogP contribution is 2.46. The van der Waals surface area contributed by atoms with Gasteiger partial charge in [-0.3, -0.25) is 15.0 Å². The van der Waals surface area contributed by atoms with E-state index in [0.29, 0.717) is 0 Å². The second-order valence-corrected chi connectivity index (χ2v) is 13.8. The van der Waals surface area contributed by atoms with Crippen LogP contribution >= 0.6 is 0 Å². The van der Waals surface area contributed by atoms with E-state index in [-0.39, 0.29) is 0 Å². The molecule has 0 radical (unpaired) electrons. The Balaban J connectivity index is 1.30. The lowest BCUT2D eigenvalue weighted by Gasteiger charge is -2.21. The predicted octanol–water partition coefficient (Wildman–Crippen LogP) is 11.1. The second-order valence-electron chi connectivity index (χ2n) is 13.8. The molecule has 6 heteroatoms. The van der Waals surface area contributed by atoms with Gasteiger partial charge in [0, 0.05) is 76.4 Å². The molecular formula is C48H34N6. The average Bonchev–Trinajstić information content (AvgIpc) is 3.25. The van der Waals surface area contributed by atoms with E-state index in [9.17, 15) is 0 Å². The number of hydrogen-bond donors (Lipinski definition) is 1. The first-order valence-electron chi connectivity index (χ1n) is 18.2. The Morgan fingerprint density at radius 1 is 0.481 bits per heavy atom. The van der Waals surface area contributed by atoms with Crippen LogP contribution in [0.4, 0.5) is 0 Å². The SMILES string of the molecule is Cc1c2c(-c3cccnc3)nc3cc(-c4cc(C5=CCNC=C5)cc(-c5ccncc5)c4)ccc3c2c(C)c2c(-c3cccnc3)nc3ccccc3c12. The molecule has 0 aliphatic carbocycles. The number of pyridine rings is 5. The predicted molar refractivity (Wildman–Crippen MR) is 222 cm³/mol. The largest absolute Gasteiger partial charge is 0.387 e. The third kappa shape index (κ3) is 5.22. The summed E-state index contributed by atoms with van der Waals surface area (Å²) in [4.78, 5) is 24.1. The van der Waals surface area contributed by atoms with Gasteiger partial charge in [-0.2, -0.15) is 0 Å². The van der Waals surface area contributed by atoms with Crippen LogP contribution in [0.25, 0.3) is 93.7 Å². The summed E-state index contributed by atoms with van der Waals surface area (Å²) >= 11 is 0. The van der Waals surface area contributed by atoms with Crippen LogP contribution in [0.5, 0.6) is 0 Å². The maximum absolute atomic E-state index is 5.52. The Morgan fingerprint density at radius 3 is 1.76 bits per heavy atom. The van der Waals surface area contributed by atoms with E-state index >= 15 is 0 Å². The zero-order chi connectivity index (χ0) is 36.2. The van der Waals surface area contributed by atoms with Crippen LogP contribution in [0.3, 0.4) is 0 Å². The molecule has 54 heavy (non-hydrogen) atoms. The fraction of sp³-hybridized carbons (Fsp3) is 0.0625. The van der Waals surface area contributed by atoms with Crippen LogP contribution in [0.1, 0.15) is 16.7 Å². The number of hydrogen-bond acceptors (Lipinski definition) is 6. The summed E-state index contributed by atoms with van der Waals surface area (Å²) in [6.45, 7) is 5.28. The second kappa shape index (κ2) is 12.9. The molecule has 1 aliphatic rings. The Kier molecular flexibility index (Phi) is 7.54. The fourth-order valence-corrected chi connectivity index (χ4v) is 8.18. The van der Waals surface area contributed by atoms with Gasteiger partial charge >= 0.3 is 0 Å². The number of nitrogens with zero attached hydrogens (tertiary/aromatic N) is 5. The van der Waals surface area contributed by atoms with E-state index in [1.54, 1.807) is 0 Å². The molecule has 1 aliphatic heterocycles. The number of aromatic nitrogens is 5. The van der Waals surface area contributed by atoms with Crippen LogP contribution < -0.4 is 5.32 Å². The van der Waals surface area contributed by atoms with Gasteiger partial charge in [-0.25, -0.2) is 9.97 Å². The quantitative estimate of drug-likeness (QED) is 0.143. The van der Waals surface area contributed by atoms with E-state index in [1.807, 2.05) is 55.5 Å². The average molecular weight is 695 g/mol. The molecule has 0 saturated carbocycles. The third-order valence-electron chi connectivity index (χ3n) is 10.7. The third-order valence-corrected chi connectivity index (χ3v) is 10.7. The van der Waals surface area contributed by atoms with Crippen molar-refractivity contribution >= 4 is 48.9 Å². The number of rotatable bonds is 5. The molecule has 0 bridgehead atoms. The molecule has 5 aromatic heterocycles. The molecule has 9 aromatic rings. The zero-order valence-electron chi connectivity index (χ0n) is 29.9. The number of aryl methyl sites for hydroxylation is 2. The molecule has 256 valence electrons. The Bertz CT molecular complexity index is 2990. The van der Waals surface area contributed by atoms with Gasteiger partial charge in [0.1, 0.15) is 0 Å². The molecule has 0 spiro atoms. The Hall–Kier alpha value is -7.05. The fourth-order valence-electron chi connectivity index (χ4n) is 8.18. The Labute approximate surface area is 312 Å². The first kappa shape index (κ1) is 31.7. The monoisotopic (exact) mass is 694 g/mol. The van der Waals surface area contributed by atoms with Crippen molar-refractivity contribution < 1.29 is 0 Å². The van der Waals surface area contributed by atoms with Crippen molar-refractivity contribution in [3.8, 4) is 44.8 Å². The summed E-state index contributed by atoms with van der Waals surface area (Å²) in [5.41, 5.74) is 14.9. The molecule has 6 nitrogen and oxygen atoms in total. The first-order chi connectivity index (χ1) is 26.6. The van der Waals surface area contributed by atoms with Crippen LogP contribution in [0, 0.1) is 13.8 Å². The molecule has 0 saturated heterocycles. The van der Waals surface area contributed by atoms with Crippen molar-refractivity contribution in [2.75, 3.05) is 6.54 Å². The first-order valence-corrected chi connectivity index (χ1v) is 18.2. The standard InChI is InChI=1S/C48H34N6/c1-29-43-39-9-3-4-10-41(39)53-47(34-7-5-17-51-27-34)45(43)30(2)44-40-12-11-33(26-42(40)54-48(46(29)44)35-8-6-18-52-28-35)38-24-36(31-13-19-49-20-14-31)23-37(25-38)32-15-21-50-22-16-32/h3-21,23-28,50H,22H2,1-2H3. The maximum Gasteiger partial charge on any atom is 0.0806 e. The van der Waals surface area contributed by atoms with Gasteiger partial charge in [-0.1, -0.05) is 36.4 Å². The normalized spacial score (nSPS) is 12.7. The maximum atomic E-state index is 5.52. The van der Waals surface area contributed by atoms with Gasteiger partial charge in [0.2, 0.25) is 0 Å². The Morgan fingerprint density at radius 2 is 1.11 bits per heavy atom. The number of para-hydroxylation sites is 1. The molecule has 0 amide bonds. The lowest BCUT2D eigenvalue weighted by atomic mass is 9.86. The minimum Gasteiger partial charge on any atom is -0.387 e. The van der Waals surface area contributed by atoms with Gasteiger partial charge in [0.25, 0.3) is 0 Å². The van der Waals surface area contributed by atoms with Gasteiger partial charge in [-0.05, 0) is 148 Å². The molecule has 0 atom stereocenters. The highest BCUT2D eigenvalue weighted by atomic mass is 14.8. The number of benzene rings is 4. The number of allylic oxidation sites excluding steroid dienone is 2. The summed E-state index contributed by atoms with van der Waals surface area (Å²) in [7, 11) is 0.